The van der Waals surface area contributed by atoms with Gasteiger partial charge in [-0.1, -0.05) is 55.1 Å². The van der Waals surface area contributed by atoms with E-state index < -0.39 is 11.9 Å². The fourth-order valence-corrected chi connectivity index (χ4v) is 1.50. The number of aliphatic carboxylic acids is 1. The van der Waals surface area contributed by atoms with Crippen molar-refractivity contribution in [2.75, 3.05) is 0 Å². The molecule has 0 saturated heterocycles. The monoisotopic (exact) mass is 284 g/mol. The van der Waals surface area contributed by atoms with Crippen LogP contribution in [0.25, 0.3) is 0 Å². The Balaban J connectivity index is 0.000000219. The van der Waals surface area contributed by atoms with Crippen LogP contribution in [0.2, 0.25) is 0 Å². The van der Waals surface area contributed by atoms with E-state index in [9.17, 15) is 9.59 Å². The lowest BCUT2D eigenvalue weighted by Crippen LogP contribution is -2.01. The molecule has 0 amide bonds. The molecular weight excluding hydrogens is 268 g/mol. The van der Waals surface area contributed by atoms with Gasteiger partial charge in [0.05, 0.1) is 5.56 Å². The van der Waals surface area contributed by atoms with Crippen LogP contribution in [0.5, 0.6) is 0 Å². The lowest BCUT2D eigenvalue weighted by atomic mass is 10.1. The molecule has 2 aromatic rings. The summed E-state index contributed by atoms with van der Waals surface area (Å²) in [6.07, 6.45) is 0.413. The maximum atomic E-state index is 10.4. The van der Waals surface area contributed by atoms with E-state index in [0.29, 0.717) is 12.0 Å². The van der Waals surface area contributed by atoms with Gasteiger partial charge in [-0.15, -0.1) is 0 Å². The second-order valence-corrected chi connectivity index (χ2v) is 4.24. The van der Waals surface area contributed by atoms with Crippen LogP contribution in [0.15, 0.2) is 72.8 Å². The number of rotatable bonds is 4. The van der Waals surface area contributed by atoms with Crippen LogP contribution < -0.4 is 0 Å². The first-order chi connectivity index (χ1) is 10.0. The van der Waals surface area contributed by atoms with Gasteiger partial charge in [0.15, 0.2) is 0 Å². The molecule has 0 aliphatic rings. The number of hydrogen-bond donors (Lipinski definition) is 2. The van der Waals surface area contributed by atoms with Gasteiger partial charge in [0.25, 0.3) is 0 Å². The molecular formula is C17H16O4. The predicted octanol–water partition coefficient (Wildman–Crippen LogP) is 3.25. The lowest BCUT2D eigenvalue weighted by molar-refractivity contribution is -0.132. The van der Waals surface area contributed by atoms with Crippen molar-refractivity contribution in [1.29, 1.82) is 0 Å². The molecule has 0 bridgehead atoms. The molecule has 2 aromatic carbocycles. The van der Waals surface area contributed by atoms with Crippen molar-refractivity contribution in [2.45, 2.75) is 6.42 Å². The summed E-state index contributed by atoms with van der Waals surface area (Å²) in [6, 6.07) is 17.7. The van der Waals surface area contributed by atoms with Gasteiger partial charge < -0.3 is 10.2 Å². The maximum Gasteiger partial charge on any atom is 0.335 e. The van der Waals surface area contributed by atoms with Gasteiger partial charge in [-0.2, -0.15) is 0 Å². The van der Waals surface area contributed by atoms with E-state index in [1.54, 1.807) is 30.3 Å². The molecule has 4 heteroatoms. The molecule has 0 fully saturated rings. The van der Waals surface area contributed by atoms with Crippen molar-refractivity contribution in [2.24, 2.45) is 0 Å². The molecule has 21 heavy (non-hydrogen) atoms. The van der Waals surface area contributed by atoms with E-state index in [1.807, 2.05) is 30.3 Å². The first kappa shape index (κ1) is 16.2. The highest BCUT2D eigenvalue weighted by Gasteiger charge is 2.03. The van der Waals surface area contributed by atoms with Gasteiger partial charge in [0, 0.05) is 12.0 Å². The van der Waals surface area contributed by atoms with E-state index in [4.69, 9.17) is 10.2 Å². The number of carboxylic acid groups (broad SMARTS) is 2. The van der Waals surface area contributed by atoms with Crippen molar-refractivity contribution >= 4 is 11.9 Å². The number of carboxylic acids is 2. The molecule has 0 radical (unpaired) electrons. The van der Waals surface area contributed by atoms with Gasteiger partial charge in [0.1, 0.15) is 0 Å². The second kappa shape index (κ2) is 8.32. The molecule has 0 aliphatic heterocycles. The highest BCUT2D eigenvalue weighted by molar-refractivity contribution is 5.87. The summed E-state index contributed by atoms with van der Waals surface area (Å²) in [5, 5.41) is 16.9. The third-order valence-corrected chi connectivity index (χ3v) is 2.58. The minimum absolute atomic E-state index is 0.223. The fraction of sp³-hybridized carbons (Fsp3) is 0.0588. The van der Waals surface area contributed by atoms with Crippen LogP contribution in [0.3, 0.4) is 0 Å². The van der Waals surface area contributed by atoms with E-state index in [-0.39, 0.29) is 5.57 Å². The van der Waals surface area contributed by atoms with Crippen LogP contribution in [0.1, 0.15) is 15.9 Å². The van der Waals surface area contributed by atoms with Crippen molar-refractivity contribution < 1.29 is 19.8 Å². The van der Waals surface area contributed by atoms with Crippen molar-refractivity contribution in [3.05, 3.63) is 83.9 Å². The summed E-state index contributed by atoms with van der Waals surface area (Å²) in [5.41, 5.74) is 1.53. The minimum atomic E-state index is -0.932. The zero-order valence-corrected chi connectivity index (χ0v) is 11.4. The third-order valence-electron chi connectivity index (χ3n) is 2.58. The molecule has 0 aliphatic carbocycles. The largest absolute Gasteiger partial charge is 0.478 e. The van der Waals surface area contributed by atoms with Crippen molar-refractivity contribution in [3.8, 4) is 0 Å². The normalized spacial score (nSPS) is 9.14. The van der Waals surface area contributed by atoms with Gasteiger partial charge in [0.2, 0.25) is 0 Å². The standard InChI is InChI=1S/C10H10O2.C7H6O2/c1-8(10(11)12)7-9-5-3-2-4-6-9;8-7(9)6-4-2-1-3-5-6/h2-6H,1,7H2,(H,11,12);1-5H,(H,8,9). The van der Waals surface area contributed by atoms with Crippen molar-refractivity contribution in [1.82, 2.24) is 0 Å². The Hall–Kier alpha value is -2.88. The number of carbonyl (C=O) groups is 2. The number of hydrogen-bond acceptors (Lipinski definition) is 2. The Labute approximate surface area is 123 Å². The molecule has 0 aromatic heterocycles. The predicted molar refractivity (Wildman–Crippen MR) is 80.3 cm³/mol. The zero-order valence-electron chi connectivity index (χ0n) is 11.4. The molecule has 0 atom stereocenters. The Morgan fingerprint density at radius 1 is 0.857 bits per heavy atom. The topological polar surface area (TPSA) is 74.6 Å². The molecule has 4 nitrogen and oxygen atoms in total. The second-order valence-electron chi connectivity index (χ2n) is 4.24. The van der Waals surface area contributed by atoms with E-state index in [0.717, 1.165) is 5.56 Å². The van der Waals surface area contributed by atoms with Crippen LogP contribution in [0, 0.1) is 0 Å². The highest BCUT2D eigenvalue weighted by atomic mass is 16.4. The third kappa shape index (κ3) is 6.20. The molecule has 0 heterocycles. The first-order valence-corrected chi connectivity index (χ1v) is 6.24. The summed E-state index contributed by atoms with van der Waals surface area (Å²) < 4.78 is 0. The van der Waals surface area contributed by atoms with Gasteiger partial charge in [-0.05, 0) is 17.7 Å². The maximum absolute atomic E-state index is 10.4. The molecule has 0 saturated carbocycles. The van der Waals surface area contributed by atoms with Crippen LogP contribution in [0.4, 0.5) is 0 Å². The average molecular weight is 284 g/mol. The van der Waals surface area contributed by atoms with Crippen molar-refractivity contribution in [3.63, 3.8) is 0 Å². The lowest BCUT2D eigenvalue weighted by Gasteiger charge is -1.99. The van der Waals surface area contributed by atoms with Crippen LogP contribution in [-0.2, 0) is 11.2 Å². The summed E-state index contributed by atoms with van der Waals surface area (Å²) in [7, 11) is 0. The smallest absolute Gasteiger partial charge is 0.335 e. The Bertz CT molecular complexity index is 603. The molecule has 2 rings (SSSR count). The van der Waals surface area contributed by atoms with Gasteiger partial charge in [-0.3, -0.25) is 0 Å². The SMILES string of the molecule is C=C(Cc1ccccc1)C(=O)O.O=C(O)c1ccccc1. The Morgan fingerprint density at radius 2 is 1.33 bits per heavy atom. The summed E-state index contributed by atoms with van der Waals surface area (Å²) in [6.45, 7) is 3.45. The summed E-state index contributed by atoms with van der Waals surface area (Å²) in [4.78, 5) is 20.6. The molecule has 0 spiro atoms. The van der Waals surface area contributed by atoms with E-state index >= 15 is 0 Å². The first-order valence-electron chi connectivity index (χ1n) is 6.24. The molecule has 2 N–H and O–H groups in total. The Kier molecular flexibility index (Phi) is 6.41. The quantitative estimate of drug-likeness (QED) is 0.845. The van der Waals surface area contributed by atoms with Gasteiger partial charge in [-0.25, -0.2) is 9.59 Å². The van der Waals surface area contributed by atoms with E-state index in [1.165, 1.54) is 0 Å². The van der Waals surface area contributed by atoms with E-state index in [2.05, 4.69) is 6.58 Å². The van der Waals surface area contributed by atoms with Crippen LogP contribution >= 0.6 is 0 Å². The number of benzene rings is 2. The van der Waals surface area contributed by atoms with Gasteiger partial charge >= 0.3 is 11.9 Å². The fourth-order valence-electron chi connectivity index (χ4n) is 1.50. The Morgan fingerprint density at radius 3 is 1.71 bits per heavy atom. The number of aromatic carboxylic acids is 1. The highest BCUT2D eigenvalue weighted by Crippen LogP contribution is 2.05. The summed E-state index contributed by atoms with van der Waals surface area (Å²) >= 11 is 0. The molecule has 108 valence electrons. The zero-order chi connectivity index (χ0) is 15.7. The van der Waals surface area contributed by atoms with Crippen LogP contribution in [-0.4, -0.2) is 22.2 Å². The molecule has 0 unspecified atom stereocenters. The minimum Gasteiger partial charge on any atom is -0.478 e. The average Bonchev–Trinajstić information content (AvgIpc) is 2.49. The summed E-state index contributed by atoms with van der Waals surface area (Å²) in [5.74, 6) is -1.81.